The van der Waals surface area contributed by atoms with Gasteiger partial charge in [-0.2, -0.15) is 10.2 Å². The van der Waals surface area contributed by atoms with Gasteiger partial charge in [0.2, 0.25) is 0 Å². The molecule has 0 bridgehead atoms. The van der Waals surface area contributed by atoms with E-state index in [-0.39, 0.29) is 23.5 Å². The first-order chi connectivity index (χ1) is 11.9. The molecule has 3 heterocycles. The van der Waals surface area contributed by atoms with Crippen LogP contribution in [0.1, 0.15) is 39.8 Å². The predicted octanol–water partition coefficient (Wildman–Crippen LogP) is 1.02. The maximum absolute atomic E-state index is 11.9. The zero-order valence-electron chi connectivity index (χ0n) is 14.0. The van der Waals surface area contributed by atoms with E-state index in [0.29, 0.717) is 12.0 Å². The second kappa shape index (κ2) is 6.75. The lowest BCUT2D eigenvalue weighted by molar-refractivity contribution is 0.0954. The summed E-state index contributed by atoms with van der Waals surface area (Å²) < 4.78 is 25.1. The molecule has 1 saturated heterocycles. The monoisotopic (exact) mass is 361 g/mol. The van der Waals surface area contributed by atoms with E-state index in [1.54, 1.807) is 23.0 Å². The van der Waals surface area contributed by atoms with Crippen molar-refractivity contribution in [3.63, 3.8) is 0 Å². The molecule has 3 rings (SSSR count). The molecule has 0 spiro atoms. The molecule has 1 fully saturated rings. The van der Waals surface area contributed by atoms with Crippen LogP contribution in [0.5, 0.6) is 0 Å². The molecule has 9 heteroatoms. The lowest BCUT2D eigenvalue weighted by atomic mass is 10.2. The van der Waals surface area contributed by atoms with E-state index in [1.807, 2.05) is 13.8 Å². The number of nitrogens with zero attached hydrogens (tertiary/aromatic N) is 4. The maximum atomic E-state index is 11.9. The number of amides is 1. The summed E-state index contributed by atoms with van der Waals surface area (Å²) in [6, 6.07) is 3.18. The maximum Gasteiger partial charge on any atom is 0.272 e. The summed E-state index contributed by atoms with van der Waals surface area (Å²) >= 11 is 0. The largest absolute Gasteiger partial charge is 0.272 e. The van der Waals surface area contributed by atoms with Crippen LogP contribution in [0.25, 0.3) is 0 Å². The minimum absolute atomic E-state index is 0.114. The quantitative estimate of drug-likeness (QED) is 0.646. The molecule has 25 heavy (non-hydrogen) atoms. The van der Waals surface area contributed by atoms with E-state index < -0.39 is 9.84 Å². The second-order valence-electron chi connectivity index (χ2n) is 6.03. The molecule has 0 radical (unpaired) electrons. The van der Waals surface area contributed by atoms with Crippen LogP contribution in [0.15, 0.2) is 29.6 Å². The topological polar surface area (TPSA) is 106 Å². The molecule has 0 saturated carbocycles. The molecule has 1 aliphatic heterocycles. The van der Waals surface area contributed by atoms with E-state index in [9.17, 15) is 13.2 Å². The van der Waals surface area contributed by atoms with Crippen LogP contribution in [0.2, 0.25) is 0 Å². The number of hydrogen-bond acceptors (Lipinski definition) is 6. The first-order valence-corrected chi connectivity index (χ1v) is 9.69. The molecule has 0 aromatic carbocycles. The molecule has 1 atom stereocenters. The van der Waals surface area contributed by atoms with E-state index >= 15 is 0 Å². The molecule has 2 aromatic rings. The van der Waals surface area contributed by atoms with Crippen molar-refractivity contribution in [1.82, 2.24) is 20.2 Å². The van der Waals surface area contributed by atoms with Gasteiger partial charge in [-0.1, -0.05) is 0 Å². The number of aryl methyl sites for hydroxylation is 1. The van der Waals surface area contributed by atoms with Crippen molar-refractivity contribution in [2.24, 2.45) is 5.10 Å². The van der Waals surface area contributed by atoms with Crippen LogP contribution in [0, 0.1) is 13.8 Å². The summed E-state index contributed by atoms with van der Waals surface area (Å²) in [6.45, 7) is 3.70. The van der Waals surface area contributed by atoms with Gasteiger partial charge in [-0.3, -0.25) is 14.5 Å². The Bertz CT molecular complexity index is 919. The molecule has 0 aliphatic carbocycles. The van der Waals surface area contributed by atoms with Gasteiger partial charge in [0, 0.05) is 23.7 Å². The Morgan fingerprint density at radius 1 is 1.44 bits per heavy atom. The fourth-order valence-corrected chi connectivity index (χ4v) is 4.60. The van der Waals surface area contributed by atoms with Crippen molar-refractivity contribution in [3.8, 4) is 0 Å². The summed E-state index contributed by atoms with van der Waals surface area (Å²) in [5.41, 5.74) is 5.21. The average molecular weight is 361 g/mol. The molecule has 132 valence electrons. The third kappa shape index (κ3) is 3.76. The van der Waals surface area contributed by atoms with Gasteiger partial charge in [0.1, 0.15) is 0 Å². The first-order valence-electron chi connectivity index (χ1n) is 7.87. The number of aromatic nitrogens is 3. The van der Waals surface area contributed by atoms with Crippen molar-refractivity contribution in [2.75, 3.05) is 11.5 Å². The molecular weight excluding hydrogens is 342 g/mol. The van der Waals surface area contributed by atoms with Crippen molar-refractivity contribution in [2.45, 2.75) is 26.3 Å². The Labute approximate surface area is 145 Å². The molecule has 0 unspecified atom stereocenters. The van der Waals surface area contributed by atoms with Gasteiger partial charge in [0.25, 0.3) is 5.91 Å². The lowest BCUT2D eigenvalue weighted by Crippen LogP contribution is -2.17. The van der Waals surface area contributed by atoms with E-state index in [0.717, 1.165) is 17.0 Å². The Hall–Kier alpha value is -2.55. The standard InChI is InChI=1S/C16H19N5O3S/c1-11-15(9-18-19-16(22)13-4-3-6-17-8-13)12(2)21(20-11)14-5-7-25(23,24)10-14/h3-4,6,8-9,14H,5,7,10H2,1-2H3,(H,19,22)/b18-9-/t14-/m1/s1. The highest BCUT2D eigenvalue weighted by Gasteiger charge is 2.31. The zero-order valence-corrected chi connectivity index (χ0v) is 14.8. The summed E-state index contributed by atoms with van der Waals surface area (Å²) in [6.07, 6.45) is 5.15. The molecule has 1 N–H and O–H groups in total. The van der Waals surface area contributed by atoms with Gasteiger partial charge in [-0.25, -0.2) is 13.8 Å². The van der Waals surface area contributed by atoms with Crippen LogP contribution in [-0.4, -0.2) is 46.8 Å². The summed E-state index contributed by atoms with van der Waals surface area (Å²) in [7, 11) is -2.98. The third-order valence-electron chi connectivity index (χ3n) is 4.22. The number of hydrogen-bond donors (Lipinski definition) is 1. The number of carbonyl (C=O) groups excluding carboxylic acids is 1. The van der Waals surface area contributed by atoms with E-state index in [1.165, 1.54) is 12.4 Å². The summed E-state index contributed by atoms with van der Waals surface area (Å²) in [4.78, 5) is 15.8. The highest BCUT2D eigenvalue weighted by Crippen LogP contribution is 2.26. The number of carbonyl (C=O) groups is 1. The first kappa shape index (κ1) is 17.3. The summed E-state index contributed by atoms with van der Waals surface area (Å²) in [5, 5.41) is 8.44. The molecular formula is C16H19N5O3S. The predicted molar refractivity (Wildman–Crippen MR) is 93.3 cm³/mol. The minimum Gasteiger partial charge on any atom is -0.267 e. The number of rotatable bonds is 4. The molecule has 1 aliphatic rings. The molecule has 8 nitrogen and oxygen atoms in total. The van der Waals surface area contributed by atoms with E-state index in [4.69, 9.17) is 0 Å². The number of pyridine rings is 1. The van der Waals surface area contributed by atoms with Gasteiger partial charge in [0.05, 0.1) is 35.0 Å². The third-order valence-corrected chi connectivity index (χ3v) is 5.97. The van der Waals surface area contributed by atoms with Crippen LogP contribution >= 0.6 is 0 Å². The summed E-state index contributed by atoms with van der Waals surface area (Å²) in [5.74, 6) is -0.0434. The van der Waals surface area contributed by atoms with Crippen LogP contribution in [-0.2, 0) is 9.84 Å². The Morgan fingerprint density at radius 3 is 2.88 bits per heavy atom. The Morgan fingerprint density at radius 2 is 2.24 bits per heavy atom. The average Bonchev–Trinajstić information content (AvgIpc) is 3.08. The number of hydrazone groups is 1. The van der Waals surface area contributed by atoms with Gasteiger partial charge >= 0.3 is 0 Å². The normalized spacial score (nSPS) is 19.4. The van der Waals surface area contributed by atoms with Crippen molar-refractivity contribution in [3.05, 3.63) is 47.0 Å². The van der Waals surface area contributed by atoms with Crippen LogP contribution < -0.4 is 5.43 Å². The van der Waals surface area contributed by atoms with Crippen molar-refractivity contribution >= 4 is 22.0 Å². The van der Waals surface area contributed by atoms with E-state index in [2.05, 4.69) is 20.6 Å². The second-order valence-corrected chi connectivity index (χ2v) is 8.26. The minimum atomic E-state index is -2.98. The van der Waals surface area contributed by atoms with Crippen molar-refractivity contribution < 1.29 is 13.2 Å². The Balaban J connectivity index is 1.74. The Kier molecular flexibility index (Phi) is 4.67. The highest BCUT2D eigenvalue weighted by atomic mass is 32.2. The molecule has 1 amide bonds. The van der Waals surface area contributed by atoms with Gasteiger partial charge in [-0.05, 0) is 32.4 Å². The van der Waals surface area contributed by atoms with Gasteiger partial charge in [0.15, 0.2) is 9.84 Å². The number of nitrogens with one attached hydrogen (secondary N) is 1. The fourth-order valence-electron chi connectivity index (χ4n) is 2.90. The van der Waals surface area contributed by atoms with Crippen molar-refractivity contribution in [1.29, 1.82) is 0 Å². The van der Waals surface area contributed by atoms with Crippen LogP contribution in [0.4, 0.5) is 0 Å². The number of sulfone groups is 1. The smallest absolute Gasteiger partial charge is 0.267 e. The zero-order chi connectivity index (χ0) is 18.0. The van der Waals surface area contributed by atoms with Gasteiger partial charge < -0.3 is 0 Å². The SMILES string of the molecule is Cc1nn([C@@H]2CCS(=O)(=O)C2)c(C)c1/C=N\NC(=O)c1cccnc1. The lowest BCUT2D eigenvalue weighted by Gasteiger charge is -2.10. The van der Waals surface area contributed by atoms with Crippen LogP contribution in [0.3, 0.4) is 0 Å². The molecule has 2 aromatic heterocycles. The highest BCUT2D eigenvalue weighted by molar-refractivity contribution is 7.91. The fraction of sp³-hybridized carbons (Fsp3) is 0.375. The van der Waals surface area contributed by atoms with Gasteiger partial charge in [-0.15, -0.1) is 0 Å².